The van der Waals surface area contributed by atoms with Gasteiger partial charge in [0.2, 0.25) is 0 Å². The predicted octanol–water partition coefficient (Wildman–Crippen LogP) is 13.6. The first-order valence-corrected chi connectivity index (χ1v) is 18.7. The second-order valence-corrected chi connectivity index (χ2v) is 13.8. The molecule has 0 aliphatic heterocycles. The summed E-state index contributed by atoms with van der Waals surface area (Å²) in [6, 6.07) is 75.1. The fourth-order valence-electron chi connectivity index (χ4n) is 7.71. The van der Waals surface area contributed by atoms with Crippen LogP contribution in [0.4, 0.5) is 0 Å². The SMILES string of the molecule is c1ccc(-c2ccc(-c3cccc(-c4cccc(-c5cccc(-c6nc(-c7ccccc7)c7c8ccccc8n(-c8ccccc8)c7n6)c5)c4)c3)cc2)cc1. The Morgan fingerprint density at radius 1 is 0.309 bits per heavy atom. The molecule has 10 aromatic rings. The third-order valence-electron chi connectivity index (χ3n) is 10.4. The Morgan fingerprint density at radius 2 is 0.727 bits per heavy atom. The van der Waals surface area contributed by atoms with E-state index in [1.54, 1.807) is 0 Å². The molecule has 10 rings (SSSR count). The molecule has 55 heavy (non-hydrogen) atoms. The minimum atomic E-state index is 0.690. The molecule has 8 aromatic carbocycles. The molecule has 0 aliphatic carbocycles. The molecule has 0 atom stereocenters. The van der Waals surface area contributed by atoms with Gasteiger partial charge in [0, 0.05) is 22.2 Å². The van der Waals surface area contributed by atoms with Crippen molar-refractivity contribution in [1.29, 1.82) is 0 Å². The van der Waals surface area contributed by atoms with Gasteiger partial charge in [0.25, 0.3) is 0 Å². The molecule has 0 unspecified atom stereocenters. The van der Waals surface area contributed by atoms with Crippen molar-refractivity contribution in [3.05, 3.63) is 212 Å². The highest BCUT2D eigenvalue weighted by atomic mass is 15.1. The number of hydrogen-bond donors (Lipinski definition) is 0. The lowest BCUT2D eigenvalue weighted by atomic mass is 9.95. The Balaban J connectivity index is 1.05. The van der Waals surface area contributed by atoms with Gasteiger partial charge in [-0.25, -0.2) is 9.97 Å². The number of hydrogen-bond acceptors (Lipinski definition) is 2. The Labute approximate surface area is 320 Å². The first-order valence-electron chi connectivity index (χ1n) is 18.7. The molecule has 0 aliphatic rings. The lowest BCUT2D eigenvalue weighted by Gasteiger charge is -2.12. The zero-order valence-electron chi connectivity index (χ0n) is 30.0. The number of benzene rings is 8. The summed E-state index contributed by atoms with van der Waals surface area (Å²) in [7, 11) is 0. The van der Waals surface area contributed by atoms with Crippen LogP contribution < -0.4 is 0 Å². The van der Waals surface area contributed by atoms with Gasteiger partial charge in [0.15, 0.2) is 5.82 Å². The molecule has 0 bridgehead atoms. The molecule has 0 amide bonds. The van der Waals surface area contributed by atoms with E-state index in [-0.39, 0.29) is 0 Å². The summed E-state index contributed by atoms with van der Waals surface area (Å²) in [5.74, 6) is 0.690. The van der Waals surface area contributed by atoms with E-state index in [1.165, 1.54) is 33.4 Å². The standard InChI is InChI=1S/C52H35N3/c1-4-15-36(16-5-1)37-29-31-38(32-30-37)40-19-12-20-41(33-40)42-21-13-22-43(34-42)44-23-14-24-45(35-44)51-53-50(39-17-6-2-7-18-39)49-47-27-10-11-28-48(47)55(52(49)54-51)46-25-8-3-9-26-46/h1-35H. The fraction of sp³-hybridized carbons (Fsp3) is 0. The lowest BCUT2D eigenvalue weighted by Crippen LogP contribution is -1.99. The van der Waals surface area contributed by atoms with Crippen molar-refractivity contribution in [1.82, 2.24) is 14.5 Å². The average molecular weight is 702 g/mol. The van der Waals surface area contributed by atoms with E-state index in [4.69, 9.17) is 9.97 Å². The number of rotatable bonds is 7. The van der Waals surface area contributed by atoms with E-state index in [0.717, 1.165) is 55.6 Å². The number of aromatic nitrogens is 3. The highest BCUT2D eigenvalue weighted by Crippen LogP contribution is 2.39. The van der Waals surface area contributed by atoms with Crippen molar-refractivity contribution in [2.24, 2.45) is 0 Å². The molecule has 0 spiro atoms. The largest absolute Gasteiger partial charge is 0.294 e. The highest BCUT2D eigenvalue weighted by Gasteiger charge is 2.21. The maximum absolute atomic E-state index is 5.36. The Kier molecular flexibility index (Phi) is 8.16. The van der Waals surface area contributed by atoms with Crippen molar-refractivity contribution in [3.63, 3.8) is 0 Å². The number of fused-ring (bicyclic) bond motifs is 3. The van der Waals surface area contributed by atoms with Crippen molar-refractivity contribution < 1.29 is 0 Å². The molecule has 258 valence electrons. The van der Waals surface area contributed by atoms with Crippen LogP contribution in [0.5, 0.6) is 0 Å². The van der Waals surface area contributed by atoms with Crippen LogP contribution in [0.3, 0.4) is 0 Å². The van der Waals surface area contributed by atoms with E-state index >= 15 is 0 Å². The summed E-state index contributed by atoms with van der Waals surface area (Å²) in [6.45, 7) is 0. The van der Waals surface area contributed by atoms with Crippen LogP contribution in [-0.2, 0) is 0 Å². The van der Waals surface area contributed by atoms with Crippen LogP contribution in [0, 0.1) is 0 Å². The van der Waals surface area contributed by atoms with Gasteiger partial charge in [-0.15, -0.1) is 0 Å². The summed E-state index contributed by atoms with van der Waals surface area (Å²) < 4.78 is 2.27. The lowest BCUT2D eigenvalue weighted by molar-refractivity contribution is 1.11. The molecule has 0 saturated heterocycles. The minimum Gasteiger partial charge on any atom is -0.294 e. The van der Waals surface area contributed by atoms with Crippen molar-refractivity contribution in [2.45, 2.75) is 0 Å². The first kappa shape index (κ1) is 32.3. The summed E-state index contributed by atoms with van der Waals surface area (Å²) in [5.41, 5.74) is 15.4. The summed E-state index contributed by atoms with van der Waals surface area (Å²) in [6.07, 6.45) is 0. The van der Waals surface area contributed by atoms with Gasteiger partial charge in [-0.3, -0.25) is 4.57 Å². The molecule has 0 fully saturated rings. The van der Waals surface area contributed by atoms with Crippen LogP contribution in [0.15, 0.2) is 212 Å². The third kappa shape index (κ3) is 6.08. The third-order valence-corrected chi connectivity index (χ3v) is 10.4. The van der Waals surface area contributed by atoms with E-state index in [0.29, 0.717) is 5.82 Å². The molecular weight excluding hydrogens is 667 g/mol. The normalized spacial score (nSPS) is 11.3. The molecule has 3 nitrogen and oxygen atoms in total. The second kappa shape index (κ2) is 13.9. The quantitative estimate of drug-likeness (QED) is 0.166. The Bertz CT molecular complexity index is 2950. The van der Waals surface area contributed by atoms with Crippen molar-refractivity contribution >= 4 is 21.9 Å². The maximum Gasteiger partial charge on any atom is 0.162 e. The van der Waals surface area contributed by atoms with Crippen molar-refractivity contribution in [3.8, 4) is 72.8 Å². The summed E-state index contributed by atoms with van der Waals surface area (Å²) in [4.78, 5) is 10.7. The van der Waals surface area contributed by atoms with Gasteiger partial charge in [-0.05, 0) is 80.9 Å². The molecular formula is C52H35N3. The topological polar surface area (TPSA) is 30.7 Å². The van der Waals surface area contributed by atoms with Gasteiger partial charge in [0.05, 0.1) is 16.6 Å². The Morgan fingerprint density at radius 3 is 1.33 bits per heavy atom. The molecule has 2 aromatic heterocycles. The smallest absolute Gasteiger partial charge is 0.162 e. The number of nitrogens with zero attached hydrogens (tertiary/aromatic N) is 3. The zero-order chi connectivity index (χ0) is 36.6. The first-order chi connectivity index (χ1) is 27.3. The molecule has 3 heteroatoms. The van der Waals surface area contributed by atoms with Crippen LogP contribution >= 0.6 is 0 Å². The summed E-state index contributed by atoms with van der Waals surface area (Å²) >= 11 is 0. The van der Waals surface area contributed by atoms with E-state index in [1.807, 2.05) is 6.07 Å². The summed E-state index contributed by atoms with van der Waals surface area (Å²) in [5, 5.41) is 2.18. The molecule has 0 radical (unpaired) electrons. The minimum absolute atomic E-state index is 0.690. The fourth-order valence-corrected chi connectivity index (χ4v) is 7.71. The highest BCUT2D eigenvalue weighted by molar-refractivity contribution is 6.14. The van der Waals surface area contributed by atoms with Gasteiger partial charge in [0.1, 0.15) is 5.65 Å². The van der Waals surface area contributed by atoms with Crippen molar-refractivity contribution in [2.75, 3.05) is 0 Å². The number of para-hydroxylation sites is 2. The molecule has 0 saturated carbocycles. The monoisotopic (exact) mass is 701 g/mol. The van der Waals surface area contributed by atoms with Gasteiger partial charge in [-0.1, -0.05) is 176 Å². The van der Waals surface area contributed by atoms with Crippen LogP contribution in [0.1, 0.15) is 0 Å². The average Bonchev–Trinajstić information content (AvgIpc) is 3.61. The molecule has 0 N–H and O–H groups in total. The predicted molar refractivity (Wildman–Crippen MR) is 229 cm³/mol. The van der Waals surface area contributed by atoms with E-state index in [9.17, 15) is 0 Å². The maximum atomic E-state index is 5.36. The van der Waals surface area contributed by atoms with Gasteiger partial charge < -0.3 is 0 Å². The molecule has 2 heterocycles. The van der Waals surface area contributed by atoms with Crippen LogP contribution in [0.25, 0.3) is 94.8 Å². The van der Waals surface area contributed by atoms with Crippen LogP contribution in [0.2, 0.25) is 0 Å². The zero-order valence-corrected chi connectivity index (χ0v) is 30.0. The van der Waals surface area contributed by atoms with E-state index < -0.39 is 0 Å². The van der Waals surface area contributed by atoms with Gasteiger partial charge >= 0.3 is 0 Å². The second-order valence-electron chi connectivity index (χ2n) is 13.8. The Hall–Kier alpha value is -7.36. The van der Waals surface area contributed by atoms with Gasteiger partial charge in [-0.2, -0.15) is 0 Å². The van der Waals surface area contributed by atoms with E-state index in [2.05, 4.69) is 211 Å². The van der Waals surface area contributed by atoms with Crippen LogP contribution in [-0.4, -0.2) is 14.5 Å².